The number of likely N-dealkylation sites (tertiary alicyclic amines) is 1. The molecule has 2 aromatic rings. The highest BCUT2D eigenvalue weighted by Gasteiger charge is 2.41. The second-order valence-electron chi connectivity index (χ2n) is 7.56. The number of rotatable bonds is 6. The van der Waals surface area contributed by atoms with Crippen molar-refractivity contribution in [1.29, 1.82) is 0 Å². The molecule has 29 heavy (non-hydrogen) atoms. The van der Waals surface area contributed by atoms with Crippen molar-refractivity contribution < 1.29 is 19.1 Å². The van der Waals surface area contributed by atoms with Crippen molar-refractivity contribution in [3.63, 3.8) is 0 Å². The number of amides is 2. The van der Waals surface area contributed by atoms with Gasteiger partial charge < -0.3 is 19.7 Å². The number of ether oxygens (including phenoxy) is 2. The smallest absolute Gasteiger partial charge is 0.253 e. The molecule has 0 saturated carbocycles. The maximum Gasteiger partial charge on any atom is 0.253 e. The van der Waals surface area contributed by atoms with Gasteiger partial charge in [0.25, 0.3) is 5.91 Å². The Morgan fingerprint density at radius 1 is 1.03 bits per heavy atom. The Hall–Kier alpha value is -3.02. The Balaban J connectivity index is 1.94. The molecule has 6 nitrogen and oxygen atoms in total. The number of hydrogen-bond donors (Lipinski definition) is 1. The molecule has 1 heterocycles. The average molecular weight is 396 g/mol. The highest BCUT2D eigenvalue weighted by molar-refractivity contribution is 5.95. The molecule has 1 N–H and O–H groups in total. The van der Waals surface area contributed by atoms with E-state index in [2.05, 4.69) is 5.32 Å². The largest absolute Gasteiger partial charge is 0.497 e. The Labute approximate surface area is 171 Å². The first kappa shape index (κ1) is 20.7. The lowest BCUT2D eigenvalue weighted by Gasteiger charge is -2.21. The molecule has 0 aliphatic carbocycles. The van der Waals surface area contributed by atoms with Crippen LogP contribution in [-0.4, -0.2) is 50.1 Å². The lowest BCUT2D eigenvalue weighted by molar-refractivity contribution is -0.125. The third-order valence-corrected chi connectivity index (χ3v) is 5.24. The van der Waals surface area contributed by atoms with Gasteiger partial charge in [0, 0.05) is 42.2 Å². The zero-order valence-corrected chi connectivity index (χ0v) is 17.3. The third kappa shape index (κ3) is 4.53. The summed E-state index contributed by atoms with van der Waals surface area (Å²) in [6.45, 7) is 4.68. The van der Waals surface area contributed by atoms with Crippen LogP contribution in [0.15, 0.2) is 48.5 Å². The summed E-state index contributed by atoms with van der Waals surface area (Å²) < 4.78 is 10.9. The summed E-state index contributed by atoms with van der Waals surface area (Å²) in [5, 5.41) is 3.00. The van der Waals surface area contributed by atoms with Crippen LogP contribution in [-0.2, 0) is 4.79 Å². The van der Waals surface area contributed by atoms with Crippen LogP contribution >= 0.6 is 0 Å². The standard InChI is InChI=1S/C23H28N2O4/c1-15(2)24-22(26)20-14-25(23(27)16-8-6-5-7-9-16)13-19(20)18-11-10-17(28-3)12-21(18)29-4/h5-12,15,19-20H,13-14H2,1-4H3,(H,24,26)/t19-,20-/m0/s1. The lowest BCUT2D eigenvalue weighted by Crippen LogP contribution is -2.39. The number of methoxy groups -OCH3 is 2. The molecule has 3 rings (SSSR count). The van der Waals surface area contributed by atoms with E-state index in [1.165, 1.54) is 0 Å². The molecular weight excluding hydrogens is 368 g/mol. The number of nitrogens with one attached hydrogen (secondary N) is 1. The fraction of sp³-hybridized carbons (Fsp3) is 0.391. The van der Waals surface area contributed by atoms with Crippen LogP contribution < -0.4 is 14.8 Å². The van der Waals surface area contributed by atoms with Crippen LogP contribution in [0.4, 0.5) is 0 Å². The highest BCUT2D eigenvalue weighted by atomic mass is 16.5. The van der Waals surface area contributed by atoms with Gasteiger partial charge in [-0.15, -0.1) is 0 Å². The van der Waals surface area contributed by atoms with E-state index >= 15 is 0 Å². The molecule has 1 aliphatic heterocycles. The van der Waals surface area contributed by atoms with Gasteiger partial charge in [0.2, 0.25) is 5.91 Å². The predicted molar refractivity (Wildman–Crippen MR) is 111 cm³/mol. The van der Waals surface area contributed by atoms with Crippen molar-refractivity contribution in [2.45, 2.75) is 25.8 Å². The van der Waals surface area contributed by atoms with E-state index < -0.39 is 0 Å². The predicted octanol–water partition coefficient (Wildman–Crippen LogP) is 3.08. The topological polar surface area (TPSA) is 67.9 Å². The molecule has 0 bridgehead atoms. The van der Waals surface area contributed by atoms with E-state index in [1.54, 1.807) is 31.3 Å². The zero-order valence-electron chi connectivity index (χ0n) is 17.3. The van der Waals surface area contributed by atoms with Gasteiger partial charge in [0.15, 0.2) is 0 Å². The van der Waals surface area contributed by atoms with Crippen LogP contribution in [0.1, 0.15) is 35.7 Å². The molecule has 1 aliphatic rings. The fourth-order valence-electron chi connectivity index (χ4n) is 3.83. The third-order valence-electron chi connectivity index (χ3n) is 5.24. The molecule has 1 saturated heterocycles. The molecule has 6 heteroatoms. The van der Waals surface area contributed by atoms with Crippen LogP contribution in [0.25, 0.3) is 0 Å². The van der Waals surface area contributed by atoms with E-state index in [0.717, 1.165) is 5.56 Å². The molecule has 2 atom stereocenters. The monoisotopic (exact) mass is 396 g/mol. The first-order valence-corrected chi connectivity index (χ1v) is 9.81. The van der Waals surface area contributed by atoms with Crippen LogP contribution in [0, 0.1) is 5.92 Å². The van der Waals surface area contributed by atoms with Crippen molar-refractivity contribution in [2.24, 2.45) is 5.92 Å². The first-order valence-electron chi connectivity index (χ1n) is 9.81. The molecule has 1 fully saturated rings. The second kappa shape index (κ2) is 8.99. The summed E-state index contributed by atoms with van der Waals surface area (Å²) in [7, 11) is 3.20. The summed E-state index contributed by atoms with van der Waals surface area (Å²) in [6.07, 6.45) is 0. The number of benzene rings is 2. The SMILES string of the molecule is COc1ccc([C@@H]2CN(C(=O)c3ccccc3)C[C@@H]2C(=O)NC(C)C)c(OC)c1. The van der Waals surface area contributed by atoms with Crippen molar-refractivity contribution in [1.82, 2.24) is 10.2 Å². The highest BCUT2D eigenvalue weighted by Crippen LogP contribution is 2.39. The van der Waals surface area contributed by atoms with Gasteiger partial charge in [-0.25, -0.2) is 0 Å². The number of hydrogen-bond acceptors (Lipinski definition) is 4. The first-order chi connectivity index (χ1) is 13.9. The number of carbonyl (C=O) groups is 2. The zero-order chi connectivity index (χ0) is 21.0. The molecule has 0 spiro atoms. The van der Waals surface area contributed by atoms with Gasteiger partial charge in [-0.3, -0.25) is 9.59 Å². The maximum absolute atomic E-state index is 13.0. The second-order valence-corrected chi connectivity index (χ2v) is 7.56. The van der Waals surface area contributed by atoms with Crippen LogP contribution in [0.2, 0.25) is 0 Å². The number of nitrogens with zero attached hydrogens (tertiary/aromatic N) is 1. The summed E-state index contributed by atoms with van der Waals surface area (Å²) in [5.74, 6) is 0.707. The van der Waals surface area contributed by atoms with Crippen LogP contribution in [0.3, 0.4) is 0 Å². The van der Waals surface area contributed by atoms with E-state index in [4.69, 9.17) is 9.47 Å². The summed E-state index contributed by atoms with van der Waals surface area (Å²) in [4.78, 5) is 27.7. The van der Waals surface area contributed by atoms with Gasteiger partial charge in [0.1, 0.15) is 11.5 Å². The minimum atomic E-state index is -0.354. The molecule has 0 radical (unpaired) electrons. The summed E-state index contributed by atoms with van der Waals surface area (Å²) in [5.41, 5.74) is 1.53. The van der Waals surface area contributed by atoms with Crippen molar-refractivity contribution in [3.8, 4) is 11.5 Å². The Morgan fingerprint density at radius 3 is 2.38 bits per heavy atom. The van der Waals surface area contributed by atoms with Crippen molar-refractivity contribution in [2.75, 3.05) is 27.3 Å². The minimum absolute atomic E-state index is 0.0276. The minimum Gasteiger partial charge on any atom is -0.497 e. The maximum atomic E-state index is 13.0. The van der Waals surface area contributed by atoms with E-state index in [1.807, 2.05) is 50.2 Å². The molecule has 0 aromatic heterocycles. The molecule has 154 valence electrons. The molecule has 0 unspecified atom stereocenters. The van der Waals surface area contributed by atoms with Gasteiger partial charge in [0.05, 0.1) is 20.1 Å². The Morgan fingerprint density at radius 2 is 1.76 bits per heavy atom. The molecular formula is C23H28N2O4. The summed E-state index contributed by atoms with van der Waals surface area (Å²) in [6, 6.07) is 14.8. The quantitative estimate of drug-likeness (QED) is 0.815. The van der Waals surface area contributed by atoms with Gasteiger partial charge in [-0.05, 0) is 32.0 Å². The number of carbonyl (C=O) groups excluding carboxylic acids is 2. The van der Waals surface area contributed by atoms with Crippen molar-refractivity contribution in [3.05, 3.63) is 59.7 Å². The van der Waals surface area contributed by atoms with Crippen LogP contribution in [0.5, 0.6) is 11.5 Å². The van der Waals surface area contributed by atoms with Gasteiger partial charge in [-0.2, -0.15) is 0 Å². The normalized spacial score (nSPS) is 18.6. The van der Waals surface area contributed by atoms with E-state index in [9.17, 15) is 9.59 Å². The molecule has 2 aromatic carbocycles. The van der Waals surface area contributed by atoms with Gasteiger partial charge in [-0.1, -0.05) is 24.3 Å². The Kier molecular flexibility index (Phi) is 6.42. The van der Waals surface area contributed by atoms with E-state index in [-0.39, 0.29) is 29.7 Å². The fourth-order valence-corrected chi connectivity index (χ4v) is 3.83. The Bertz CT molecular complexity index is 866. The van der Waals surface area contributed by atoms with Crippen molar-refractivity contribution >= 4 is 11.8 Å². The lowest BCUT2D eigenvalue weighted by atomic mass is 9.87. The van der Waals surface area contributed by atoms with Gasteiger partial charge >= 0.3 is 0 Å². The average Bonchev–Trinajstić information content (AvgIpc) is 3.18. The van der Waals surface area contributed by atoms with E-state index in [0.29, 0.717) is 30.2 Å². The summed E-state index contributed by atoms with van der Waals surface area (Å²) >= 11 is 0. The molecule has 2 amide bonds.